The summed E-state index contributed by atoms with van der Waals surface area (Å²) in [6, 6.07) is 0. The van der Waals surface area contributed by atoms with Crippen LogP contribution in [0.5, 0.6) is 0 Å². The van der Waals surface area contributed by atoms with Crippen molar-refractivity contribution in [2.24, 2.45) is 34.0 Å². The summed E-state index contributed by atoms with van der Waals surface area (Å²) in [5.41, 5.74) is -2.52. The van der Waals surface area contributed by atoms with Crippen LogP contribution in [0.3, 0.4) is 0 Å². The maximum Gasteiger partial charge on any atom is 0.316 e. The molecule has 216 valence electrons. The zero-order valence-corrected chi connectivity index (χ0v) is 25.0. The third-order valence-electron chi connectivity index (χ3n) is 10.6. The topological polar surface area (TPSA) is 113 Å². The minimum atomic E-state index is -0.725. The summed E-state index contributed by atoms with van der Waals surface area (Å²) in [4.78, 5) is 53.4. The fourth-order valence-electron chi connectivity index (χ4n) is 7.90. The molecule has 0 aliphatic heterocycles. The Kier molecular flexibility index (Phi) is 8.30. The van der Waals surface area contributed by atoms with Gasteiger partial charge in [-0.2, -0.15) is 0 Å². The van der Waals surface area contributed by atoms with Crippen LogP contribution in [0.2, 0.25) is 0 Å². The van der Waals surface area contributed by atoms with E-state index in [9.17, 15) is 24.3 Å². The molecule has 0 amide bonds. The van der Waals surface area contributed by atoms with Crippen molar-refractivity contribution in [1.29, 1.82) is 0 Å². The number of ketones is 1. The van der Waals surface area contributed by atoms with Gasteiger partial charge in [0.2, 0.25) is 5.43 Å². The van der Waals surface area contributed by atoms with Crippen molar-refractivity contribution in [2.45, 2.75) is 76.9 Å². The summed E-state index contributed by atoms with van der Waals surface area (Å²) >= 11 is 1.02. The average molecular weight is 561 g/mol. The van der Waals surface area contributed by atoms with E-state index in [0.717, 1.165) is 31.0 Å². The third kappa shape index (κ3) is 4.82. The van der Waals surface area contributed by atoms with E-state index in [1.54, 1.807) is 6.08 Å². The quantitative estimate of drug-likeness (QED) is 0.203. The number of hydrogen-bond acceptors (Lipinski definition) is 9. The number of ether oxygens (including phenoxy) is 1. The van der Waals surface area contributed by atoms with Gasteiger partial charge in [0.25, 0.3) is 5.43 Å². The fourth-order valence-corrected chi connectivity index (χ4v) is 8.76. The Balaban J connectivity index is 1.59. The molecule has 3 aliphatic carbocycles. The first-order valence-electron chi connectivity index (χ1n) is 14.1. The maximum absolute atomic E-state index is 13.5. The van der Waals surface area contributed by atoms with Crippen molar-refractivity contribution in [3.8, 4) is 0 Å². The number of aliphatic hydroxyl groups is 1. The van der Waals surface area contributed by atoms with Crippen LogP contribution in [-0.4, -0.2) is 66.9 Å². The predicted molar refractivity (Wildman–Crippen MR) is 154 cm³/mol. The second kappa shape index (κ2) is 10.8. The largest absolute Gasteiger partial charge is 0.461 e. The van der Waals surface area contributed by atoms with Gasteiger partial charge in [0, 0.05) is 36.3 Å². The van der Waals surface area contributed by atoms with Gasteiger partial charge >= 0.3 is 5.97 Å². The minimum Gasteiger partial charge on any atom is -0.461 e. The molecule has 0 unspecified atom stereocenters. The highest BCUT2D eigenvalue weighted by Crippen LogP contribution is 2.68. The molecule has 8 atom stereocenters. The van der Waals surface area contributed by atoms with E-state index >= 15 is 0 Å². The SMILES string of the molecule is C=C[C@]1(C)C[C@@H](OC(=O)CSc2c(NCCN(C)C)c(=O)c2=O)[C@]2(C)[C@H](C)CC[C@]3(CCC(=O)[C@H]32)[C@@H](C)[C@@H]1O. The summed E-state index contributed by atoms with van der Waals surface area (Å²) in [6.45, 7) is 13.5. The highest BCUT2D eigenvalue weighted by molar-refractivity contribution is 8.00. The van der Waals surface area contributed by atoms with Gasteiger partial charge in [-0.05, 0) is 57.0 Å². The van der Waals surface area contributed by atoms with Crippen LogP contribution < -0.4 is 16.2 Å². The van der Waals surface area contributed by atoms with Gasteiger partial charge in [0.05, 0.1) is 16.8 Å². The van der Waals surface area contributed by atoms with E-state index in [1.165, 1.54) is 0 Å². The molecule has 3 saturated carbocycles. The summed E-state index contributed by atoms with van der Waals surface area (Å²) in [7, 11) is 3.83. The highest BCUT2D eigenvalue weighted by atomic mass is 32.2. The monoisotopic (exact) mass is 560 g/mol. The summed E-state index contributed by atoms with van der Waals surface area (Å²) in [5.74, 6) is -0.662. The molecule has 0 saturated heterocycles. The van der Waals surface area contributed by atoms with E-state index in [0.29, 0.717) is 25.9 Å². The molecule has 4 rings (SSSR count). The zero-order chi connectivity index (χ0) is 28.9. The lowest BCUT2D eigenvalue weighted by Crippen LogP contribution is -2.63. The summed E-state index contributed by atoms with van der Waals surface area (Å²) < 4.78 is 6.23. The normalized spacial score (nSPS) is 38.3. The molecule has 2 N–H and O–H groups in total. The molecule has 0 heterocycles. The molecule has 0 spiro atoms. The molecule has 39 heavy (non-hydrogen) atoms. The van der Waals surface area contributed by atoms with Gasteiger partial charge in [-0.15, -0.1) is 18.3 Å². The molecule has 1 aromatic carbocycles. The first-order chi connectivity index (χ1) is 18.2. The van der Waals surface area contributed by atoms with Crippen LogP contribution in [0.15, 0.2) is 27.1 Å². The molecule has 3 aliphatic rings. The van der Waals surface area contributed by atoms with Crippen molar-refractivity contribution >= 4 is 29.2 Å². The highest BCUT2D eigenvalue weighted by Gasteiger charge is 2.68. The maximum atomic E-state index is 13.5. The number of nitrogens with one attached hydrogen (secondary N) is 1. The first kappa shape index (κ1) is 30.0. The average Bonchev–Trinajstić information content (AvgIpc) is 3.25. The predicted octanol–water partition coefficient (Wildman–Crippen LogP) is 3.25. The van der Waals surface area contributed by atoms with Crippen molar-refractivity contribution < 1.29 is 19.4 Å². The van der Waals surface area contributed by atoms with Crippen LogP contribution in [0, 0.1) is 34.0 Å². The third-order valence-corrected chi connectivity index (χ3v) is 11.7. The van der Waals surface area contributed by atoms with Crippen molar-refractivity contribution in [2.75, 3.05) is 38.3 Å². The van der Waals surface area contributed by atoms with Gasteiger partial charge in [0.1, 0.15) is 17.6 Å². The lowest BCUT2D eigenvalue weighted by atomic mass is 9.44. The molecule has 9 heteroatoms. The van der Waals surface area contributed by atoms with Crippen molar-refractivity contribution in [3.05, 3.63) is 33.1 Å². The van der Waals surface area contributed by atoms with Crippen molar-refractivity contribution in [3.63, 3.8) is 0 Å². The number of hydrogen-bond donors (Lipinski definition) is 2. The number of esters is 1. The standard InChI is InChI=1S/C30H44N2O6S/c1-8-28(4)15-20(38-21(34)16-39-25-22(23(35)24(25)36)31-13-14-32(6)7)29(5)17(2)9-11-30(18(3)27(28)37)12-10-19(33)26(29)30/h8,17-18,20,26-27,31,37H,1,9-16H2,2-7H3/t17-,18+,20-,26+,27+,28-,29+,30+/m1/s1. The van der Waals surface area contributed by atoms with E-state index in [2.05, 4.69) is 32.7 Å². The molecular weight excluding hydrogens is 516 g/mol. The van der Waals surface area contributed by atoms with Gasteiger partial charge in [-0.25, -0.2) is 0 Å². The number of rotatable bonds is 9. The van der Waals surface area contributed by atoms with E-state index in [1.807, 2.05) is 25.9 Å². The number of nitrogens with zero attached hydrogens (tertiary/aromatic N) is 1. The number of carbonyl (C=O) groups is 2. The van der Waals surface area contributed by atoms with Crippen LogP contribution >= 0.6 is 11.8 Å². The van der Waals surface area contributed by atoms with Crippen LogP contribution in [0.25, 0.3) is 0 Å². The number of anilines is 1. The molecule has 8 nitrogen and oxygen atoms in total. The minimum absolute atomic E-state index is 0.0940. The van der Waals surface area contributed by atoms with Crippen LogP contribution in [-0.2, 0) is 14.3 Å². The molecule has 0 radical (unpaired) electrons. The van der Waals surface area contributed by atoms with Gasteiger partial charge in [-0.1, -0.05) is 33.8 Å². The Bertz CT molecular complexity index is 1210. The number of likely N-dealkylation sites (N-methyl/N-ethyl adjacent to an activating group) is 1. The zero-order valence-electron chi connectivity index (χ0n) is 24.2. The Morgan fingerprint density at radius 3 is 2.54 bits per heavy atom. The van der Waals surface area contributed by atoms with E-state index < -0.39 is 39.9 Å². The smallest absolute Gasteiger partial charge is 0.316 e. The Morgan fingerprint density at radius 2 is 1.90 bits per heavy atom. The van der Waals surface area contributed by atoms with Crippen LogP contribution in [0.4, 0.5) is 5.69 Å². The number of Topliss-reactive ketones (excluding diaryl/α,β-unsaturated/α-hetero) is 1. The molecule has 3 fully saturated rings. The molecule has 1 aromatic rings. The number of thioether (sulfide) groups is 1. The summed E-state index contributed by atoms with van der Waals surface area (Å²) in [5, 5.41) is 14.7. The number of carbonyl (C=O) groups excluding carboxylic acids is 2. The van der Waals surface area contributed by atoms with Gasteiger partial charge in [0.15, 0.2) is 0 Å². The van der Waals surface area contributed by atoms with E-state index in [4.69, 9.17) is 4.74 Å². The lowest BCUT2D eigenvalue weighted by molar-refractivity contribution is -0.205. The van der Waals surface area contributed by atoms with E-state index in [-0.39, 0.29) is 45.3 Å². The van der Waals surface area contributed by atoms with Gasteiger partial charge in [-0.3, -0.25) is 19.2 Å². The second-order valence-electron chi connectivity index (χ2n) is 12.9. The van der Waals surface area contributed by atoms with Crippen molar-refractivity contribution in [1.82, 2.24) is 4.90 Å². The molecular formula is C30H44N2O6S. The fraction of sp³-hybridized carbons (Fsp3) is 0.733. The Labute approximate surface area is 235 Å². The van der Waals surface area contributed by atoms with Gasteiger partial charge < -0.3 is 20.1 Å². The molecule has 2 bridgehead atoms. The van der Waals surface area contributed by atoms with Crippen LogP contribution in [0.1, 0.15) is 59.8 Å². The Hall–Kier alpha value is -1.97. The second-order valence-corrected chi connectivity index (χ2v) is 13.9. The molecule has 0 aromatic heterocycles. The summed E-state index contributed by atoms with van der Waals surface area (Å²) in [6.07, 6.45) is 3.80. The number of aliphatic hydroxyl groups excluding tert-OH is 1. The lowest BCUT2D eigenvalue weighted by Gasteiger charge is -2.61. The first-order valence-corrected chi connectivity index (χ1v) is 15.1. The Morgan fingerprint density at radius 1 is 1.21 bits per heavy atom.